The van der Waals surface area contributed by atoms with Crippen LogP contribution in [0.3, 0.4) is 0 Å². The molecule has 1 aliphatic heterocycles. The van der Waals surface area contributed by atoms with Crippen LogP contribution in [0.5, 0.6) is 0 Å². The van der Waals surface area contributed by atoms with Crippen molar-refractivity contribution in [1.82, 2.24) is 20.0 Å². The summed E-state index contributed by atoms with van der Waals surface area (Å²) in [6, 6.07) is 5.90. The predicted octanol–water partition coefficient (Wildman–Crippen LogP) is 1.83. The van der Waals surface area contributed by atoms with Gasteiger partial charge in [-0.3, -0.25) is 14.3 Å². The molecule has 150 valence electrons. The molecule has 1 aromatic heterocycles. The first kappa shape index (κ1) is 20.1. The van der Waals surface area contributed by atoms with E-state index >= 15 is 0 Å². The van der Waals surface area contributed by atoms with E-state index in [0.29, 0.717) is 13.1 Å². The fraction of sp³-hybridized carbons (Fsp3) is 0.476. The van der Waals surface area contributed by atoms with Gasteiger partial charge in [0.1, 0.15) is 0 Å². The largest absolute Gasteiger partial charge is 0.333 e. The molecular formula is C21H29N5O2. The molecule has 1 aliphatic rings. The lowest BCUT2D eigenvalue weighted by Gasteiger charge is -2.26. The van der Waals surface area contributed by atoms with Crippen molar-refractivity contribution >= 4 is 17.5 Å². The zero-order valence-corrected chi connectivity index (χ0v) is 17.0. The number of aromatic nitrogens is 2. The molecule has 0 bridgehead atoms. The highest BCUT2D eigenvalue weighted by atomic mass is 16.2. The quantitative estimate of drug-likeness (QED) is 0.798. The van der Waals surface area contributed by atoms with Crippen LogP contribution in [0.25, 0.3) is 0 Å². The number of para-hydroxylation sites is 1. The molecule has 2 N–H and O–H groups in total. The van der Waals surface area contributed by atoms with E-state index in [-0.39, 0.29) is 30.2 Å². The zero-order chi connectivity index (χ0) is 20.3. The molecular weight excluding hydrogens is 354 g/mol. The van der Waals surface area contributed by atoms with Gasteiger partial charge in [0.2, 0.25) is 11.8 Å². The van der Waals surface area contributed by atoms with Crippen LogP contribution in [0.15, 0.2) is 30.6 Å². The van der Waals surface area contributed by atoms with Crippen molar-refractivity contribution in [3.63, 3.8) is 0 Å². The third-order valence-electron chi connectivity index (χ3n) is 5.46. The van der Waals surface area contributed by atoms with Gasteiger partial charge in [-0.1, -0.05) is 18.2 Å². The number of carbonyl (C=O) groups excluding carboxylic acids is 2. The SMILES string of the molecule is CCN(CC(=O)Nc1c(C)cccc1C)C(=O)[C@H]1CNC[C@@H]1c1cnn(C)c1. The Labute approximate surface area is 166 Å². The fourth-order valence-corrected chi connectivity index (χ4v) is 3.86. The van der Waals surface area contributed by atoms with Crippen molar-refractivity contribution in [3.8, 4) is 0 Å². The summed E-state index contributed by atoms with van der Waals surface area (Å²) >= 11 is 0. The summed E-state index contributed by atoms with van der Waals surface area (Å²) < 4.78 is 1.75. The topological polar surface area (TPSA) is 79.3 Å². The van der Waals surface area contributed by atoms with E-state index in [1.807, 2.05) is 58.4 Å². The van der Waals surface area contributed by atoms with E-state index in [1.165, 1.54) is 0 Å². The highest BCUT2D eigenvalue weighted by Gasteiger charge is 2.37. The maximum Gasteiger partial charge on any atom is 0.244 e. The Hall–Kier alpha value is -2.67. The second kappa shape index (κ2) is 8.56. The number of likely N-dealkylation sites (N-methyl/N-ethyl adjacent to an activating group) is 1. The van der Waals surface area contributed by atoms with Crippen LogP contribution in [0, 0.1) is 19.8 Å². The number of rotatable bonds is 6. The molecule has 2 atom stereocenters. The molecule has 2 aromatic rings. The van der Waals surface area contributed by atoms with Crippen molar-refractivity contribution in [2.75, 3.05) is 31.5 Å². The lowest BCUT2D eigenvalue weighted by molar-refractivity contribution is -0.138. The first-order valence-electron chi connectivity index (χ1n) is 9.74. The molecule has 2 amide bonds. The van der Waals surface area contributed by atoms with Crippen molar-refractivity contribution in [1.29, 1.82) is 0 Å². The summed E-state index contributed by atoms with van der Waals surface area (Å²) in [5.74, 6) is -0.261. The molecule has 0 unspecified atom stereocenters. The molecule has 7 nitrogen and oxygen atoms in total. The third-order valence-corrected chi connectivity index (χ3v) is 5.46. The van der Waals surface area contributed by atoms with Gasteiger partial charge in [-0.15, -0.1) is 0 Å². The van der Waals surface area contributed by atoms with E-state index in [9.17, 15) is 9.59 Å². The number of amides is 2. The fourth-order valence-electron chi connectivity index (χ4n) is 3.86. The molecule has 0 radical (unpaired) electrons. The normalized spacial score (nSPS) is 18.9. The van der Waals surface area contributed by atoms with Gasteiger partial charge in [-0.2, -0.15) is 5.10 Å². The van der Waals surface area contributed by atoms with E-state index in [0.717, 1.165) is 28.9 Å². The van der Waals surface area contributed by atoms with Crippen LogP contribution < -0.4 is 10.6 Å². The Morgan fingerprint density at radius 3 is 2.61 bits per heavy atom. The molecule has 0 aliphatic carbocycles. The smallest absolute Gasteiger partial charge is 0.244 e. The summed E-state index contributed by atoms with van der Waals surface area (Å²) in [6.45, 7) is 7.75. The molecule has 1 saturated heterocycles. The average molecular weight is 383 g/mol. The first-order valence-corrected chi connectivity index (χ1v) is 9.74. The summed E-state index contributed by atoms with van der Waals surface area (Å²) in [5, 5.41) is 10.5. The Morgan fingerprint density at radius 1 is 1.29 bits per heavy atom. The second-order valence-corrected chi connectivity index (χ2v) is 7.49. The minimum Gasteiger partial charge on any atom is -0.333 e. The third kappa shape index (κ3) is 4.25. The van der Waals surface area contributed by atoms with E-state index < -0.39 is 0 Å². The number of nitrogens with one attached hydrogen (secondary N) is 2. The van der Waals surface area contributed by atoms with Gasteiger partial charge in [0, 0.05) is 44.5 Å². The standard InChI is InChI=1S/C21H29N5O2/c1-5-26(13-19(27)24-20-14(2)7-6-8-15(20)3)21(28)18-11-22-10-17(18)16-9-23-25(4)12-16/h6-9,12,17-18,22H,5,10-11,13H2,1-4H3,(H,24,27)/t17-,18+/m1/s1. The van der Waals surface area contributed by atoms with Gasteiger partial charge in [0.15, 0.2) is 0 Å². The van der Waals surface area contributed by atoms with Gasteiger partial charge in [0.25, 0.3) is 0 Å². The van der Waals surface area contributed by atoms with E-state index in [2.05, 4.69) is 15.7 Å². The predicted molar refractivity (Wildman–Crippen MR) is 109 cm³/mol. The molecule has 2 heterocycles. The Morgan fingerprint density at radius 2 is 2.00 bits per heavy atom. The molecule has 7 heteroatoms. The van der Waals surface area contributed by atoms with Crippen molar-refractivity contribution < 1.29 is 9.59 Å². The second-order valence-electron chi connectivity index (χ2n) is 7.49. The number of hydrogen-bond donors (Lipinski definition) is 2. The number of nitrogens with zero attached hydrogens (tertiary/aromatic N) is 3. The molecule has 0 spiro atoms. The van der Waals surface area contributed by atoms with Gasteiger partial charge in [0.05, 0.1) is 18.7 Å². The van der Waals surface area contributed by atoms with Gasteiger partial charge >= 0.3 is 0 Å². The lowest BCUT2D eigenvalue weighted by atomic mass is 9.90. The molecule has 28 heavy (non-hydrogen) atoms. The maximum atomic E-state index is 13.2. The molecule has 1 aromatic carbocycles. The molecule has 0 saturated carbocycles. The van der Waals surface area contributed by atoms with Crippen LogP contribution in [0.1, 0.15) is 29.5 Å². The first-order chi connectivity index (χ1) is 13.4. The van der Waals surface area contributed by atoms with Crippen molar-refractivity contribution in [2.45, 2.75) is 26.7 Å². The molecule has 3 rings (SSSR count). The Kier molecular flexibility index (Phi) is 6.14. The summed E-state index contributed by atoms with van der Waals surface area (Å²) in [5.41, 5.74) is 3.91. The summed E-state index contributed by atoms with van der Waals surface area (Å²) in [7, 11) is 1.87. The summed E-state index contributed by atoms with van der Waals surface area (Å²) in [6.07, 6.45) is 3.78. The van der Waals surface area contributed by atoms with Crippen molar-refractivity contribution in [3.05, 3.63) is 47.3 Å². The van der Waals surface area contributed by atoms with Gasteiger partial charge in [-0.25, -0.2) is 0 Å². The number of hydrogen-bond acceptors (Lipinski definition) is 4. The zero-order valence-electron chi connectivity index (χ0n) is 17.0. The Bertz CT molecular complexity index is 840. The van der Waals surface area contributed by atoms with Crippen LogP contribution in [-0.4, -0.2) is 52.7 Å². The van der Waals surface area contributed by atoms with E-state index in [1.54, 1.807) is 9.58 Å². The lowest BCUT2D eigenvalue weighted by Crippen LogP contribution is -2.43. The van der Waals surface area contributed by atoms with Gasteiger partial charge < -0.3 is 15.5 Å². The van der Waals surface area contributed by atoms with E-state index in [4.69, 9.17) is 0 Å². The van der Waals surface area contributed by atoms with Crippen molar-refractivity contribution in [2.24, 2.45) is 13.0 Å². The van der Waals surface area contributed by atoms with Crippen LogP contribution in [-0.2, 0) is 16.6 Å². The highest BCUT2D eigenvalue weighted by Crippen LogP contribution is 2.29. The monoisotopic (exact) mass is 383 g/mol. The van der Waals surface area contributed by atoms with Crippen LogP contribution in [0.4, 0.5) is 5.69 Å². The summed E-state index contributed by atoms with van der Waals surface area (Å²) in [4.78, 5) is 27.4. The number of aryl methyl sites for hydroxylation is 3. The maximum absolute atomic E-state index is 13.2. The number of anilines is 1. The molecule has 1 fully saturated rings. The van der Waals surface area contributed by atoms with Crippen LogP contribution >= 0.6 is 0 Å². The minimum absolute atomic E-state index is 0.0120. The van der Waals surface area contributed by atoms with Crippen LogP contribution in [0.2, 0.25) is 0 Å². The average Bonchev–Trinajstić information content (AvgIpc) is 3.31. The number of carbonyl (C=O) groups is 2. The van der Waals surface area contributed by atoms with Gasteiger partial charge in [-0.05, 0) is 37.5 Å². The Balaban J connectivity index is 1.68. The minimum atomic E-state index is -0.183. The number of benzene rings is 1. The highest BCUT2D eigenvalue weighted by molar-refractivity contribution is 5.96.